The van der Waals surface area contributed by atoms with Gasteiger partial charge in [0.2, 0.25) is 0 Å². The maximum atomic E-state index is 12.4. The summed E-state index contributed by atoms with van der Waals surface area (Å²) in [7, 11) is 0. The van der Waals surface area contributed by atoms with Crippen LogP contribution in [0, 0.1) is 0 Å². The Morgan fingerprint density at radius 3 is 0.942 bits per heavy atom. The van der Waals surface area contributed by atoms with E-state index < -0.39 is 11.9 Å². The summed E-state index contributed by atoms with van der Waals surface area (Å²) in [5, 5.41) is 19.3. The van der Waals surface area contributed by atoms with E-state index in [0.717, 1.165) is 35.5 Å². The number of esters is 2. The molecule has 4 aromatic carbocycles. The fourth-order valence-electron chi connectivity index (χ4n) is 7.33. The van der Waals surface area contributed by atoms with Crippen LogP contribution in [-0.2, 0) is 39.5 Å². The van der Waals surface area contributed by atoms with Crippen LogP contribution in [0.25, 0.3) is 0 Å². The summed E-state index contributed by atoms with van der Waals surface area (Å²) in [5.41, 5.74) is 3.32. The number of Topliss-reactive ketones (excluding diaryl/α,β-unsaturated/α-hetero) is 2. The van der Waals surface area contributed by atoms with E-state index in [4.69, 9.17) is 18.9 Å². The molecule has 0 fully saturated rings. The molecule has 0 bridgehead atoms. The van der Waals surface area contributed by atoms with Gasteiger partial charge in [-0.3, -0.25) is 9.59 Å². The second-order valence-corrected chi connectivity index (χ2v) is 17.4. The van der Waals surface area contributed by atoms with Gasteiger partial charge in [0.15, 0.2) is 11.6 Å². The van der Waals surface area contributed by atoms with Gasteiger partial charge >= 0.3 is 11.9 Å². The van der Waals surface area contributed by atoms with E-state index in [2.05, 4.69) is 13.8 Å². The van der Waals surface area contributed by atoms with Crippen molar-refractivity contribution in [1.82, 2.24) is 0 Å². The summed E-state index contributed by atoms with van der Waals surface area (Å²) in [6.07, 6.45) is 20.8. The first kappa shape index (κ1) is 59.5. The van der Waals surface area contributed by atoms with Crippen molar-refractivity contribution < 1.29 is 65.4 Å². The Bertz CT molecular complexity index is 2010. The third kappa shape index (κ3) is 24.5. The zero-order valence-corrected chi connectivity index (χ0v) is 42.8. The van der Waals surface area contributed by atoms with Crippen LogP contribution in [0.2, 0.25) is 0 Å². The number of ketones is 2. The summed E-state index contributed by atoms with van der Waals surface area (Å²) in [6, 6.07) is 27.8. The number of unbranched alkanes of at least 4 members (excludes halogenated alkanes) is 14. The molecule has 0 aromatic heterocycles. The number of ether oxygens (including phenoxy) is 4. The number of hydrogen-bond acceptors (Lipinski definition) is 10. The van der Waals surface area contributed by atoms with E-state index in [1.165, 1.54) is 118 Å². The molecule has 0 unspecified atom stereocenters. The van der Waals surface area contributed by atoms with Crippen LogP contribution in [0.5, 0.6) is 23.0 Å². The van der Waals surface area contributed by atoms with Gasteiger partial charge in [0.05, 0.1) is 35.9 Å². The average Bonchev–Trinajstić information content (AvgIpc) is 3.32. The molecule has 4 aromatic rings. The molecule has 69 heavy (non-hydrogen) atoms. The predicted octanol–water partition coefficient (Wildman–Crippen LogP) is 14.8. The first-order valence-electron chi connectivity index (χ1n) is 24.7. The van der Waals surface area contributed by atoms with E-state index in [0.29, 0.717) is 59.8 Å². The Hall–Kier alpha value is -5.64. The third-order valence-corrected chi connectivity index (χ3v) is 11.5. The average molecular weight is 997 g/mol. The molecule has 379 valence electrons. The number of carbonyl (C=O) groups is 4. The van der Waals surface area contributed by atoms with Crippen LogP contribution < -0.4 is 18.9 Å². The normalized spacial score (nSPS) is 11.4. The van der Waals surface area contributed by atoms with Crippen molar-refractivity contribution in [2.45, 2.75) is 157 Å². The molecule has 10 nitrogen and oxygen atoms in total. The van der Waals surface area contributed by atoms with Gasteiger partial charge in [-0.2, -0.15) is 0 Å². The number of aliphatic hydroxyl groups excluding tert-OH is 2. The van der Waals surface area contributed by atoms with Crippen molar-refractivity contribution in [3.8, 4) is 23.0 Å². The maximum Gasteiger partial charge on any atom is 0.343 e. The molecule has 0 amide bonds. The fraction of sp³-hybridized carbons (Fsp3) is 0.448. The van der Waals surface area contributed by atoms with Crippen molar-refractivity contribution in [2.24, 2.45) is 0 Å². The molecule has 2 N–H and O–H groups in total. The second-order valence-electron chi connectivity index (χ2n) is 17.4. The van der Waals surface area contributed by atoms with Gasteiger partial charge in [0.1, 0.15) is 23.0 Å². The minimum atomic E-state index is -0.446. The molecule has 0 spiro atoms. The molecular formula is C58H76CuO10. The Morgan fingerprint density at radius 2 is 0.667 bits per heavy atom. The van der Waals surface area contributed by atoms with Crippen molar-refractivity contribution in [2.75, 3.05) is 13.2 Å². The van der Waals surface area contributed by atoms with Crippen molar-refractivity contribution in [1.29, 1.82) is 0 Å². The molecule has 4 rings (SSSR count). The van der Waals surface area contributed by atoms with Crippen molar-refractivity contribution in [3.63, 3.8) is 0 Å². The second kappa shape index (κ2) is 34.6. The van der Waals surface area contributed by atoms with E-state index in [9.17, 15) is 29.4 Å². The van der Waals surface area contributed by atoms with E-state index in [-0.39, 0.29) is 40.2 Å². The quantitative estimate of drug-likeness (QED) is 0.0129. The minimum Gasteiger partial charge on any atom is -0.512 e. The number of allylic oxidation sites excluding steroid dienone is 4. The number of benzene rings is 4. The smallest absolute Gasteiger partial charge is 0.343 e. The van der Waals surface area contributed by atoms with Gasteiger partial charge in [0.25, 0.3) is 0 Å². The Kier molecular flexibility index (Phi) is 29.8. The molecule has 1 radical (unpaired) electrons. The summed E-state index contributed by atoms with van der Waals surface area (Å²) in [5.74, 6) is 1.14. The zero-order chi connectivity index (χ0) is 49.5. The number of hydrogen-bond donors (Lipinski definition) is 2. The Balaban J connectivity index is 0.000000467. The topological polar surface area (TPSA) is 146 Å². The molecule has 0 aliphatic heterocycles. The van der Waals surface area contributed by atoms with Crippen LogP contribution in [0.3, 0.4) is 0 Å². The molecule has 0 atom stereocenters. The Morgan fingerprint density at radius 1 is 0.391 bits per heavy atom. The molecule has 0 saturated heterocycles. The monoisotopic (exact) mass is 995 g/mol. The minimum absolute atomic E-state index is 0. The van der Waals surface area contributed by atoms with Gasteiger partial charge in [-0.1, -0.05) is 128 Å². The van der Waals surface area contributed by atoms with Crippen LogP contribution in [0.4, 0.5) is 0 Å². The SMILES string of the molecule is CCCCCCCCCCOc1ccc(C(=O)Oc2ccc(C/C(C(C)=O)=C(\C)O)cc2)cc1.CCCCCCCCCCOc1ccc(C(=O)Oc2ccc(C/C(C(C)=O)=C(\C)O)cc2)cc1.[Cu]. The largest absolute Gasteiger partial charge is 0.512 e. The standard InChI is InChI=1S/2C29H38O5.Cu/c2*1-4-5-6-7-8-9-10-11-20-33-26-18-14-25(15-19-26)29(32)34-27-16-12-24(13-17-27)21-28(22(2)30)23(3)31;/h2*12-19,30H,4-11,20-21H2,1-3H3;/b2*28-22-;. The fourth-order valence-corrected chi connectivity index (χ4v) is 7.33. The predicted molar refractivity (Wildman–Crippen MR) is 271 cm³/mol. The van der Waals surface area contributed by atoms with E-state index >= 15 is 0 Å². The van der Waals surface area contributed by atoms with E-state index in [1.807, 2.05) is 0 Å². The molecule has 0 saturated carbocycles. The summed E-state index contributed by atoms with van der Waals surface area (Å²) < 4.78 is 22.5. The molecular weight excluding hydrogens is 920 g/mol. The summed E-state index contributed by atoms with van der Waals surface area (Å²) in [4.78, 5) is 48.1. The first-order valence-corrected chi connectivity index (χ1v) is 24.7. The Labute approximate surface area is 422 Å². The molecule has 0 heterocycles. The van der Waals surface area contributed by atoms with Gasteiger partial charge < -0.3 is 29.2 Å². The summed E-state index contributed by atoms with van der Waals surface area (Å²) in [6.45, 7) is 11.7. The van der Waals surface area contributed by atoms with Crippen LogP contribution in [0.15, 0.2) is 120 Å². The molecule has 0 aliphatic carbocycles. The zero-order valence-electron chi connectivity index (χ0n) is 41.8. The van der Waals surface area contributed by atoms with Gasteiger partial charge in [-0.25, -0.2) is 9.59 Å². The summed E-state index contributed by atoms with van der Waals surface area (Å²) >= 11 is 0. The van der Waals surface area contributed by atoms with Gasteiger partial charge in [-0.15, -0.1) is 0 Å². The first-order chi connectivity index (χ1) is 32.8. The number of carbonyl (C=O) groups excluding carboxylic acids is 4. The molecule has 0 aliphatic rings. The van der Waals surface area contributed by atoms with Crippen molar-refractivity contribution in [3.05, 3.63) is 142 Å². The van der Waals surface area contributed by atoms with Gasteiger partial charge in [-0.05, 0) is 124 Å². The number of aliphatic hydroxyl groups is 2. The maximum absolute atomic E-state index is 12.4. The van der Waals surface area contributed by atoms with Crippen LogP contribution >= 0.6 is 0 Å². The third-order valence-electron chi connectivity index (χ3n) is 11.5. The number of rotatable bonds is 30. The van der Waals surface area contributed by atoms with Crippen molar-refractivity contribution >= 4 is 23.5 Å². The van der Waals surface area contributed by atoms with E-state index in [1.54, 1.807) is 97.1 Å². The van der Waals surface area contributed by atoms with Crippen LogP contribution in [0.1, 0.15) is 176 Å². The molecule has 11 heteroatoms. The van der Waals surface area contributed by atoms with Crippen LogP contribution in [-0.4, -0.2) is 46.9 Å². The van der Waals surface area contributed by atoms with Gasteiger partial charge in [0, 0.05) is 41.1 Å².